The average Bonchev–Trinajstić information content (AvgIpc) is 3.21. The second-order valence-corrected chi connectivity index (χ2v) is 6.96. The number of piperazine rings is 1. The first kappa shape index (κ1) is 16.2. The molecular formula is C18H23N3O4. The van der Waals surface area contributed by atoms with Crippen molar-refractivity contribution in [2.75, 3.05) is 46.6 Å². The van der Waals surface area contributed by atoms with Crippen LogP contribution in [0.1, 0.15) is 12.0 Å². The summed E-state index contributed by atoms with van der Waals surface area (Å²) in [5.41, 5.74) is 1.19. The van der Waals surface area contributed by atoms with Crippen LogP contribution in [-0.4, -0.2) is 73.1 Å². The van der Waals surface area contributed by atoms with Crippen LogP contribution in [0.4, 0.5) is 0 Å². The number of amides is 2. The van der Waals surface area contributed by atoms with Crippen molar-refractivity contribution in [3.05, 3.63) is 23.8 Å². The lowest BCUT2D eigenvalue weighted by Gasteiger charge is -2.35. The number of rotatable bonds is 3. The van der Waals surface area contributed by atoms with Crippen LogP contribution in [0.25, 0.3) is 0 Å². The topological polar surface area (TPSA) is 62.3 Å². The Morgan fingerprint density at radius 3 is 2.64 bits per heavy atom. The summed E-state index contributed by atoms with van der Waals surface area (Å²) in [6, 6.07) is 6.04. The van der Waals surface area contributed by atoms with E-state index in [1.807, 2.05) is 17.0 Å². The highest BCUT2D eigenvalue weighted by Crippen LogP contribution is 2.32. The largest absolute Gasteiger partial charge is 0.454 e. The Bertz CT molecular complexity index is 685. The van der Waals surface area contributed by atoms with Crippen molar-refractivity contribution in [3.63, 3.8) is 0 Å². The SMILES string of the molecule is CN1CC(C(=O)N2CCN(Cc3ccc4c(c3)OCO4)CC2)CC1=O. The average molecular weight is 345 g/mol. The molecule has 0 N–H and O–H groups in total. The van der Waals surface area contributed by atoms with Gasteiger partial charge in [0.05, 0.1) is 5.92 Å². The van der Waals surface area contributed by atoms with Gasteiger partial charge in [-0.1, -0.05) is 6.07 Å². The van der Waals surface area contributed by atoms with Crippen molar-refractivity contribution in [2.24, 2.45) is 5.92 Å². The van der Waals surface area contributed by atoms with Gasteiger partial charge >= 0.3 is 0 Å². The monoisotopic (exact) mass is 345 g/mol. The molecule has 1 aromatic rings. The van der Waals surface area contributed by atoms with Gasteiger partial charge in [-0.2, -0.15) is 0 Å². The maximum atomic E-state index is 12.6. The van der Waals surface area contributed by atoms with E-state index in [2.05, 4.69) is 11.0 Å². The van der Waals surface area contributed by atoms with Gasteiger partial charge in [0.25, 0.3) is 0 Å². The number of ether oxygens (including phenoxy) is 2. The molecule has 1 unspecified atom stereocenters. The number of likely N-dealkylation sites (tertiary alicyclic amines) is 1. The quantitative estimate of drug-likeness (QED) is 0.800. The fourth-order valence-corrected chi connectivity index (χ4v) is 3.71. The number of benzene rings is 1. The smallest absolute Gasteiger partial charge is 0.231 e. The molecular weight excluding hydrogens is 322 g/mol. The molecule has 3 aliphatic rings. The Hall–Kier alpha value is -2.28. The van der Waals surface area contributed by atoms with Gasteiger partial charge in [0.1, 0.15) is 0 Å². The van der Waals surface area contributed by atoms with Gasteiger partial charge in [-0.05, 0) is 17.7 Å². The highest BCUT2D eigenvalue weighted by molar-refractivity contribution is 5.89. The predicted molar refractivity (Wildman–Crippen MR) is 90.2 cm³/mol. The second-order valence-electron chi connectivity index (χ2n) is 6.96. The molecule has 1 aromatic carbocycles. The normalized spacial score (nSPS) is 23.4. The van der Waals surface area contributed by atoms with Crippen LogP contribution in [0.3, 0.4) is 0 Å². The van der Waals surface area contributed by atoms with Crippen LogP contribution < -0.4 is 9.47 Å². The standard InChI is InChI=1S/C18H23N3O4/c1-19-11-14(9-17(19)22)18(23)21-6-4-20(5-7-21)10-13-2-3-15-16(8-13)25-12-24-15/h2-3,8,14H,4-7,9-12H2,1H3. The van der Waals surface area contributed by atoms with E-state index in [4.69, 9.17) is 9.47 Å². The summed E-state index contributed by atoms with van der Waals surface area (Å²) in [6.45, 7) is 4.81. The molecule has 1 atom stereocenters. The molecule has 7 heteroatoms. The van der Waals surface area contributed by atoms with E-state index in [1.54, 1.807) is 11.9 Å². The third-order valence-electron chi connectivity index (χ3n) is 5.22. The van der Waals surface area contributed by atoms with E-state index >= 15 is 0 Å². The molecule has 0 spiro atoms. The first-order valence-electron chi connectivity index (χ1n) is 8.74. The zero-order valence-electron chi connectivity index (χ0n) is 14.4. The van der Waals surface area contributed by atoms with E-state index in [1.165, 1.54) is 5.56 Å². The van der Waals surface area contributed by atoms with Crippen molar-refractivity contribution < 1.29 is 19.1 Å². The zero-order chi connectivity index (χ0) is 17.4. The number of hydrogen-bond donors (Lipinski definition) is 0. The second kappa shape index (κ2) is 6.55. The lowest BCUT2D eigenvalue weighted by atomic mass is 10.1. The Morgan fingerprint density at radius 2 is 1.92 bits per heavy atom. The minimum atomic E-state index is -0.169. The van der Waals surface area contributed by atoms with Crippen molar-refractivity contribution >= 4 is 11.8 Å². The molecule has 2 saturated heterocycles. The van der Waals surface area contributed by atoms with E-state index in [0.29, 0.717) is 19.8 Å². The van der Waals surface area contributed by atoms with Gasteiger partial charge in [0, 0.05) is 52.7 Å². The lowest BCUT2D eigenvalue weighted by Crippen LogP contribution is -2.50. The molecule has 2 amide bonds. The molecule has 134 valence electrons. The van der Waals surface area contributed by atoms with Crippen molar-refractivity contribution in [1.29, 1.82) is 0 Å². The van der Waals surface area contributed by atoms with E-state index in [0.717, 1.165) is 44.2 Å². The number of fused-ring (bicyclic) bond motifs is 1. The molecule has 25 heavy (non-hydrogen) atoms. The minimum Gasteiger partial charge on any atom is -0.454 e. The molecule has 3 aliphatic heterocycles. The fourth-order valence-electron chi connectivity index (χ4n) is 3.71. The van der Waals surface area contributed by atoms with Crippen molar-refractivity contribution in [2.45, 2.75) is 13.0 Å². The van der Waals surface area contributed by atoms with Gasteiger partial charge < -0.3 is 19.3 Å². The number of nitrogens with zero attached hydrogens (tertiary/aromatic N) is 3. The van der Waals surface area contributed by atoms with Gasteiger partial charge in [-0.25, -0.2) is 0 Å². The Kier molecular flexibility index (Phi) is 4.25. The highest BCUT2D eigenvalue weighted by atomic mass is 16.7. The van der Waals surface area contributed by atoms with Gasteiger partial charge in [0.2, 0.25) is 18.6 Å². The molecule has 3 heterocycles. The molecule has 0 bridgehead atoms. The maximum absolute atomic E-state index is 12.6. The summed E-state index contributed by atoms with van der Waals surface area (Å²) in [6.07, 6.45) is 0.354. The summed E-state index contributed by atoms with van der Waals surface area (Å²) >= 11 is 0. The Balaban J connectivity index is 1.30. The summed E-state index contributed by atoms with van der Waals surface area (Å²) in [5, 5.41) is 0. The first-order valence-corrected chi connectivity index (χ1v) is 8.74. The highest BCUT2D eigenvalue weighted by Gasteiger charge is 2.35. The molecule has 4 rings (SSSR count). The summed E-state index contributed by atoms with van der Waals surface area (Å²) in [7, 11) is 1.76. The third-order valence-corrected chi connectivity index (χ3v) is 5.22. The van der Waals surface area contributed by atoms with Crippen LogP contribution in [0, 0.1) is 5.92 Å². The lowest BCUT2D eigenvalue weighted by molar-refractivity contribution is -0.137. The van der Waals surface area contributed by atoms with E-state index in [9.17, 15) is 9.59 Å². The van der Waals surface area contributed by atoms with Gasteiger partial charge in [-0.3, -0.25) is 14.5 Å². The predicted octanol–water partition coefficient (Wildman–Crippen LogP) is 0.538. The van der Waals surface area contributed by atoms with Crippen LogP contribution in [0.5, 0.6) is 11.5 Å². The van der Waals surface area contributed by atoms with Crippen LogP contribution in [0.2, 0.25) is 0 Å². The zero-order valence-corrected chi connectivity index (χ0v) is 14.4. The molecule has 0 aliphatic carbocycles. The third kappa shape index (κ3) is 3.28. The van der Waals surface area contributed by atoms with Crippen LogP contribution >= 0.6 is 0 Å². The minimum absolute atomic E-state index is 0.0693. The van der Waals surface area contributed by atoms with Crippen LogP contribution in [-0.2, 0) is 16.1 Å². The van der Waals surface area contributed by atoms with Crippen molar-refractivity contribution in [1.82, 2.24) is 14.7 Å². The molecule has 7 nitrogen and oxygen atoms in total. The van der Waals surface area contributed by atoms with E-state index in [-0.39, 0.29) is 17.7 Å². The Labute approximate surface area is 147 Å². The molecule has 2 fully saturated rings. The van der Waals surface area contributed by atoms with E-state index < -0.39 is 0 Å². The Morgan fingerprint density at radius 1 is 1.16 bits per heavy atom. The summed E-state index contributed by atoms with van der Waals surface area (Å²) < 4.78 is 10.8. The molecule has 0 radical (unpaired) electrons. The molecule has 0 saturated carbocycles. The number of hydrogen-bond acceptors (Lipinski definition) is 5. The molecule has 0 aromatic heterocycles. The first-order chi connectivity index (χ1) is 12.1. The van der Waals surface area contributed by atoms with Gasteiger partial charge in [0.15, 0.2) is 11.5 Å². The maximum Gasteiger partial charge on any atom is 0.231 e. The fraction of sp³-hybridized carbons (Fsp3) is 0.556. The number of carbonyl (C=O) groups excluding carboxylic acids is 2. The summed E-state index contributed by atoms with van der Waals surface area (Å²) in [5.74, 6) is 1.63. The van der Waals surface area contributed by atoms with Crippen LogP contribution in [0.15, 0.2) is 18.2 Å². The summed E-state index contributed by atoms with van der Waals surface area (Å²) in [4.78, 5) is 30.1. The van der Waals surface area contributed by atoms with Gasteiger partial charge in [-0.15, -0.1) is 0 Å². The number of carbonyl (C=O) groups is 2. The van der Waals surface area contributed by atoms with Crippen molar-refractivity contribution in [3.8, 4) is 11.5 Å².